The molecule has 1 atom stereocenters. The molecule has 0 saturated carbocycles. The van der Waals surface area contributed by atoms with Crippen molar-refractivity contribution in [2.75, 3.05) is 32.8 Å². The smallest absolute Gasteiger partial charge is 0.475 e. The first-order chi connectivity index (χ1) is 16.8. The van der Waals surface area contributed by atoms with Crippen LogP contribution in [0.15, 0.2) is 36.0 Å². The van der Waals surface area contributed by atoms with E-state index < -0.39 is 23.9 Å². The lowest BCUT2D eigenvalue weighted by Gasteiger charge is -2.31. The topological polar surface area (TPSA) is 83.0 Å². The number of ether oxygens (including phenoxy) is 1. The van der Waals surface area contributed by atoms with E-state index in [1.54, 1.807) is 17.8 Å². The molecule has 2 aliphatic rings. The Labute approximate surface area is 206 Å². The number of alkyl halides is 6. The third kappa shape index (κ3) is 7.64. The number of aliphatic carboxylic acids is 1. The first-order valence-electron chi connectivity index (χ1n) is 10.7. The molecule has 1 unspecified atom stereocenters. The lowest BCUT2D eigenvalue weighted by molar-refractivity contribution is -0.192. The van der Waals surface area contributed by atoms with Gasteiger partial charge in [-0.1, -0.05) is 18.2 Å². The maximum atomic E-state index is 13.0. The van der Waals surface area contributed by atoms with E-state index in [-0.39, 0.29) is 11.3 Å². The van der Waals surface area contributed by atoms with E-state index in [0.29, 0.717) is 57.9 Å². The number of nitrogens with zero attached hydrogens (tertiary/aromatic N) is 3. The minimum atomic E-state index is -5.08. The van der Waals surface area contributed by atoms with Crippen molar-refractivity contribution < 1.29 is 45.8 Å². The standard InChI is InChI=1S/C20H22F3N3O2S.C2HF3O2/c21-20(22,23)16-3-1-2-15(6-16)9-25-4-5-28-13-19(11-25)7-18(27)26(12-19)10-17-8-24-14-29-17;3-2(4,5)1(6)7/h1-3,6,8,14H,4-5,7,9-13H2;(H,6,7). The highest BCUT2D eigenvalue weighted by atomic mass is 32.1. The van der Waals surface area contributed by atoms with Gasteiger partial charge in [-0.3, -0.25) is 14.7 Å². The Hall–Kier alpha value is -2.71. The van der Waals surface area contributed by atoms with E-state index >= 15 is 0 Å². The molecule has 1 aromatic carbocycles. The Bertz CT molecular complexity index is 1050. The first kappa shape index (κ1) is 27.9. The quantitative estimate of drug-likeness (QED) is 0.591. The van der Waals surface area contributed by atoms with Gasteiger partial charge in [0.15, 0.2) is 0 Å². The predicted octanol–water partition coefficient (Wildman–Crippen LogP) is 4.05. The van der Waals surface area contributed by atoms with E-state index in [9.17, 15) is 31.1 Å². The lowest BCUT2D eigenvalue weighted by atomic mass is 9.87. The number of halogens is 6. The summed E-state index contributed by atoms with van der Waals surface area (Å²) < 4.78 is 76.6. The van der Waals surface area contributed by atoms with Gasteiger partial charge in [-0.05, 0) is 11.6 Å². The highest BCUT2D eigenvalue weighted by Gasteiger charge is 2.45. The van der Waals surface area contributed by atoms with E-state index in [1.165, 1.54) is 23.5 Å². The Kier molecular flexibility index (Phi) is 8.62. The molecule has 0 bridgehead atoms. The van der Waals surface area contributed by atoms with Crippen molar-refractivity contribution >= 4 is 23.2 Å². The molecule has 7 nitrogen and oxygen atoms in total. The van der Waals surface area contributed by atoms with Gasteiger partial charge in [0.05, 0.1) is 30.8 Å². The summed E-state index contributed by atoms with van der Waals surface area (Å²) >= 11 is 1.52. The maximum Gasteiger partial charge on any atom is 0.490 e. The zero-order chi connectivity index (χ0) is 26.6. The van der Waals surface area contributed by atoms with Crippen LogP contribution in [0.2, 0.25) is 0 Å². The number of carboxylic acids is 1. The summed E-state index contributed by atoms with van der Waals surface area (Å²) in [4.78, 5) is 30.5. The van der Waals surface area contributed by atoms with Crippen molar-refractivity contribution in [2.24, 2.45) is 5.41 Å². The average molecular weight is 539 g/mol. The number of benzene rings is 1. The molecule has 1 N–H and O–H groups in total. The van der Waals surface area contributed by atoms with Crippen LogP contribution in [0.1, 0.15) is 22.4 Å². The van der Waals surface area contributed by atoms with Crippen LogP contribution in [-0.2, 0) is 33.6 Å². The van der Waals surface area contributed by atoms with Crippen LogP contribution in [0.3, 0.4) is 0 Å². The number of hydrogen-bond acceptors (Lipinski definition) is 6. The molecule has 3 heterocycles. The van der Waals surface area contributed by atoms with Gasteiger partial charge in [-0.15, -0.1) is 11.3 Å². The van der Waals surface area contributed by atoms with Crippen LogP contribution in [0.4, 0.5) is 26.3 Å². The minimum Gasteiger partial charge on any atom is -0.475 e. The number of likely N-dealkylation sites (tertiary alicyclic amines) is 1. The Balaban J connectivity index is 0.000000454. The van der Waals surface area contributed by atoms with E-state index in [4.69, 9.17) is 14.6 Å². The summed E-state index contributed by atoms with van der Waals surface area (Å²) in [6.45, 7) is 3.76. The fourth-order valence-electron chi connectivity index (χ4n) is 4.16. The fourth-order valence-corrected chi connectivity index (χ4v) is 4.77. The number of thiazole rings is 1. The molecule has 1 spiro atoms. The van der Waals surface area contributed by atoms with Crippen molar-refractivity contribution in [3.63, 3.8) is 0 Å². The number of amides is 1. The normalized spacial score (nSPS) is 21.3. The maximum absolute atomic E-state index is 13.0. The van der Waals surface area contributed by atoms with Crippen LogP contribution in [0.25, 0.3) is 0 Å². The molecule has 2 aliphatic heterocycles. The number of carboxylic acid groups (broad SMARTS) is 1. The molecule has 198 valence electrons. The van der Waals surface area contributed by atoms with Crippen LogP contribution in [-0.4, -0.2) is 70.8 Å². The number of carbonyl (C=O) groups is 2. The van der Waals surface area contributed by atoms with Crippen LogP contribution < -0.4 is 0 Å². The molecule has 4 rings (SSSR count). The lowest BCUT2D eigenvalue weighted by Crippen LogP contribution is -2.40. The van der Waals surface area contributed by atoms with E-state index in [2.05, 4.69) is 9.88 Å². The molecule has 0 aliphatic carbocycles. The largest absolute Gasteiger partial charge is 0.490 e. The molecule has 2 aromatic rings. The first-order valence-corrected chi connectivity index (χ1v) is 11.6. The second-order valence-electron chi connectivity index (χ2n) is 8.66. The van der Waals surface area contributed by atoms with Crippen molar-refractivity contribution in [1.29, 1.82) is 0 Å². The second-order valence-corrected chi connectivity index (χ2v) is 9.63. The zero-order valence-electron chi connectivity index (χ0n) is 18.8. The molecule has 1 amide bonds. The van der Waals surface area contributed by atoms with Crippen LogP contribution in [0.5, 0.6) is 0 Å². The predicted molar refractivity (Wildman–Crippen MR) is 116 cm³/mol. The minimum absolute atomic E-state index is 0.0860. The summed E-state index contributed by atoms with van der Waals surface area (Å²) in [6.07, 6.45) is -7.27. The van der Waals surface area contributed by atoms with E-state index in [0.717, 1.165) is 10.9 Å². The number of carbonyl (C=O) groups excluding carboxylic acids is 1. The second kappa shape index (κ2) is 11.1. The highest BCUT2D eigenvalue weighted by Crippen LogP contribution is 2.36. The van der Waals surface area contributed by atoms with Gasteiger partial charge < -0.3 is 14.7 Å². The van der Waals surface area contributed by atoms with Gasteiger partial charge in [0, 0.05) is 49.1 Å². The molecule has 36 heavy (non-hydrogen) atoms. The molecular formula is C22H23F6N3O4S. The van der Waals surface area contributed by atoms with Crippen LogP contribution >= 0.6 is 11.3 Å². The molecule has 0 radical (unpaired) electrons. The molecule has 2 fully saturated rings. The summed E-state index contributed by atoms with van der Waals surface area (Å²) in [6, 6.07) is 5.44. The number of rotatable bonds is 4. The van der Waals surface area contributed by atoms with Crippen molar-refractivity contribution in [3.8, 4) is 0 Å². The van der Waals surface area contributed by atoms with Crippen molar-refractivity contribution in [2.45, 2.75) is 31.9 Å². The van der Waals surface area contributed by atoms with Gasteiger partial charge in [-0.25, -0.2) is 4.79 Å². The van der Waals surface area contributed by atoms with Crippen molar-refractivity contribution in [1.82, 2.24) is 14.8 Å². The van der Waals surface area contributed by atoms with Gasteiger partial charge in [0.2, 0.25) is 5.91 Å². The summed E-state index contributed by atoms with van der Waals surface area (Å²) in [5.74, 6) is -2.67. The molecular weight excluding hydrogens is 516 g/mol. The number of aromatic nitrogens is 1. The van der Waals surface area contributed by atoms with E-state index in [1.807, 2.05) is 4.90 Å². The summed E-state index contributed by atoms with van der Waals surface area (Å²) in [5, 5.41) is 7.12. The van der Waals surface area contributed by atoms with Crippen molar-refractivity contribution in [3.05, 3.63) is 52.0 Å². The molecule has 1 aromatic heterocycles. The Morgan fingerprint density at radius 1 is 1.17 bits per heavy atom. The third-order valence-corrected chi connectivity index (χ3v) is 6.42. The van der Waals surface area contributed by atoms with Gasteiger partial charge in [0.1, 0.15) is 0 Å². The van der Waals surface area contributed by atoms with Crippen LogP contribution in [0, 0.1) is 5.41 Å². The van der Waals surface area contributed by atoms with Gasteiger partial charge >= 0.3 is 18.3 Å². The van der Waals surface area contributed by atoms with Gasteiger partial charge in [-0.2, -0.15) is 26.3 Å². The monoisotopic (exact) mass is 539 g/mol. The molecule has 14 heteroatoms. The number of hydrogen-bond donors (Lipinski definition) is 1. The zero-order valence-corrected chi connectivity index (χ0v) is 19.6. The Morgan fingerprint density at radius 3 is 2.50 bits per heavy atom. The van der Waals surface area contributed by atoms with Gasteiger partial charge in [0.25, 0.3) is 0 Å². The summed E-state index contributed by atoms with van der Waals surface area (Å²) in [5.41, 5.74) is 1.39. The third-order valence-electron chi connectivity index (χ3n) is 5.66. The average Bonchev–Trinajstić information content (AvgIpc) is 3.33. The SMILES string of the molecule is O=C(O)C(F)(F)F.O=C1CC2(COCCN(Cc3cccc(C(F)(F)F)c3)C2)CN1Cc1cncs1. The summed E-state index contributed by atoms with van der Waals surface area (Å²) in [7, 11) is 0. The Morgan fingerprint density at radius 2 is 1.89 bits per heavy atom. The fraction of sp³-hybridized carbons (Fsp3) is 0.500. The molecule has 2 saturated heterocycles. The highest BCUT2D eigenvalue weighted by molar-refractivity contribution is 7.09.